The number of ether oxygens (including phenoxy) is 1. The van der Waals surface area contributed by atoms with Gasteiger partial charge in [0.05, 0.1) is 0 Å². The van der Waals surface area contributed by atoms with Crippen molar-refractivity contribution in [3.8, 4) is 0 Å². The maximum Gasteiger partial charge on any atom is 0.331 e. The highest BCUT2D eigenvalue weighted by Crippen LogP contribution is 2.12. The molecule has 4 nitrogen and oxygen atoms in total. The molecule has 0 fully saturated rings. The Labute approximate surface area is 146 Å². The van der Waals surface area contributed by atoms with E-state index in [0.29, 0.717) is 5.69 Å². The fourth-order valence-electron chi connectivity index (χ4n) is 2.05. The molecule has 1 N–H and O–H groups in total. The highest BCUT2D eigenvalue weighted by Gasteiger charge is 2.06. The van der Waals surface area contributed by atoms with E-state index < -0.39 is 5.97 Å². The molecule has 0 aliphatic heterocycles. The lowest BCUT2D eigenvalue weighted by Gasteiger charge is -2.06. The van der Waals surface area contributed by atoms with Crippen molar-refractivity contribution in [1.29, 1.82) is 0 Å². The lowest BCUT2D eigenvalue weighted by atomic mass is 10.1. The first-order valence-electron chi connectivity index (χ1n) is 7.94. The number of carbonyl (C=O) groups is 2. The minimum absolute atomic E-state index is 0.300. The van der Waals surface area contributed by atoms with Crippen molar-refractivity contribution in [1.82, 2.24) is 0 Å². The normalized spacial score (nSPS) is 10.7. The molecule has 1 amide bonds. The van der Waals surface area contributed by atoms with E-state index in [0.717, 1.165) is 24.1 Å². The van der Waals surface area contributed by atoms with E-state index in [1.165, 1.54) is 23.0 Å². The molecule has 2 rings (SSSR count). The highest BCUT2D eigenvalue weighted by molar-refractivity contribution is 7.10. The summed E-state index contributed by atoms with van der Waals surface area (Å²) >= 11 is 1.52. The Hall–Kier alpha value is -2.40. The van der Waals surface area contributed by atoms with Crippen LogP contribution in [-0.2, 0) is 20.7 Å². The Morgan fingerprint density at radius 3 is 2.67 bits per heavy atom. The summed E-state index contributed by atoms with van der Waals surface area (Å²) in [6, 6.07) is 11.5. The van der Waals surface area contributed by atoms with Crippen LogP contribution in [-0.4, -0.2) is 18.5 Å². The van der Waals surface area contributed by atoms with Gasteiger partial charge < -0.3 is 10.1 Å². The lowest BCUT2D eigenvalue weighted by molar-refractivity contribution is -0.142. The predicted molar refractivity (Wildman–Crippen MR) is 98.0 cm³/mol. The zero-order chi connectivity index (χ0) is 17.2. The van der Waals surface area contributed by atoms with Crippen molar-refractivity contribution < 1.29 is 14.3 Å². The summed E-state index contributed by atoms with van der Waals surface area (Å²) in [4.78, 5) is 24.3. The summed E-state index contributed by atoms with van der Waals surface area (Å²) in [7, 11) is 0. The summed E-state index contributed by atoms with van der Waals surface area (Å²) in [5, 5.41) is 4.63. The molecule has 2 aromatic rings. The molecule has 0 spiro atoms. The molecular formula is C19H21NO3S. The summed E-state index contributed by atoms with van der Waals surface area (Å²) in [5.74, 6) is -0.886. The van der Waals surface area contributed by atoms with Crippen molar-refractivity contribution in [3.63, 3.8) is 0 Å². The fourth-order valence-corrected chi connectivity index (χ4v) is 2.67. The number of hydrogen-bond acceptors (Lipinski definition) is 4. The smallest absolute Gasteiger partial charge is 0.331 e. The number of aryl methyl sites for hydroxylation is 1. The number of esters is 1. The molecule has 24 heavy (non-hydrogen) atoms. The molecule has 5 heteroatoms. The van der Waals surface area contributed by atoms with Gasteiger partial charge in [0.25, 0.3) is 5.91 Å². The first-order valence-corrected chi connectivity index (χ1v) is 8.82. The molecule has 1 heterocycles. The van der Waals surface area contributed by atoms with Gasteiger partial charge in [-0.05, 0) is 48.1 Å². The van der Waals surface area contributed by atoms with Crippen molar-refractivity contribution in [2.45, 2.75) is 26.2 Å². The Balaban J connectivity index is 1.73. The minimum atomic E-state index is -0.534. The lowest BCUT2D eigenvalue weighted by Crippen LogP contribution is -2.20. The van der Waals surface area contributed by atoms with Gasteiger partial charge in [0.2, 0.25) is 0 Å². The number of amides is 1. The van der Waals surface area contributed by atoms with Gasteiger partial charge in [-0.1, -0.05) is 31.5 Å². The average molecular weight is 343 g/mol. The molecule has 126 valence electrons. The first-order chi connectivity index (χ1) is 11.7. The van der Waals surface area contributed by atoms with Crippen molar-refractivity contribution in [3.05, 3.63) is 58.3 Å². The molecule has 0 saturated carbocycles. The number of carbonyl (C=O) groups excluding carboxylic acids is 2. The van der Waals surface area contributed by atoms with Crippen LogP contribution in [0.25, 0.3) is 6.08 Å². The summed E-state index contributed by atoms with van der Waals surface area (Å²) in [6.07, 6.45) is 6.34. The number of rotatable bonds is 8. The first kappa shape index (κ1) is 17.9. The van der Waals surface area contributed by atoms with Gasteiger partial charge >= 0.3 is 5.97 Å². The summed E-state index contributed by atoms with van der Waals surface area (Å²) in [5.41, 5.74) is 1.95. The molecule has 1 aromatic heterocycles. The van der Waals surface area contributed by atoms with E-state index in [4.69, 9.17) is 4.74 Å². The van der Waals surface area contributed by atoms with Gasteiger partial charge in [0.1, 0.15) is 0 Å². The third-order valence-corrected chi connectivity index (χ3v) is 4.17. The van der Waals surface area contributed by atoms with Gasteiger partial charge in [-0.25, -0.2) is 4.79 Å². The van der Waals surface area contributed by atoms with E-state index in [1.807, 2.05) is 41.8 Å². The average Bonchev–Trinajstić information content (AvgIpc) is 3.11. The quantitative estimate of drug-likeness (QED) is 0.575. The Kier molecular flexibility index (Phi) is 7.23. The van der Waals surface area contributed by atoms with E-state index in [1.54, 1.807) is 6.08 Å². The fraction of sp³-hybridized carbons (Fsp3) is 0.263. The van der Waals surface area contributed by atoms with Crippen LogP contribution >= 0.6 is 11.3 Å². The number of nitrogens with one attached hydrogen (secondary N) is 1. The number of anilines is 1. The van der Waals surface area contributed by atoms with E-state index >= 15 is 0 Å². The second-order valence-corrected chi connectivity index (χ2v) is 6.28. The third-order valence-electron chi connectivity index (χ3n) is 3.33. The molecule has 0 aliphatic rings. The van der Waals surface area contributed by atoms with E-state index in [9.17, 15) is 9.59 Å². The topological polar surface area (TPSA) is 55.4 Å². The molecular weight excluding hydrogens is 322 g/mol. The Bertz CT molecular complexity index is 675. The molecule has 0 unspecified atom stereocenters. The molecule has 0 radical (unpaired) electrons. The molecule has 0 aliphatic carbocycles. The summed E-state index contributed by atoms with van der Waals surface area (Å²) in [6.45, 7) is 1.86. The van der Waals surface area contributed by atoms with Crippen LogP contribution in [0, 0.1) is 0 Å². The van der Waals surface area contributed by atoms with Crippen LogP contribution in [0.1, 0.15) is 30.2 Å². The van der Waals surface area contributed by atoms with Gasteiger partial charge in [-0.3, -0.25) is 4.79 Å². The highest BCUT2D eigenvalue weighted by atomic mass is 32.1. The zero-order valence-corrected chi connectivity index (χ0v) is 14.5. The number of benzene rings is 1. The minimum Gasteiger partial charge on any atom is -0.452 e. The predicted octanol–water partition coefficient (Wildman–Crippen LogP) is 4.29. The van der Waals surface area contributed by atoms with Gasteiger partial charge in [0, 0.05) is 16.6 Å². The third kappa shape index (κ3) is 6.38. The number of unbranched alkanes of at least 4 members (excludes halogenated alkanes) is 1. The van der Waals surface area contributed by atoms with Crippen LogP contribution in [0.4, 0.5) is 5.69 Å². The van der Waals surface area contributed by atoms with E-state index in [2.05, 4.69) is 12.2 Å². The molecule has 0 atom stereocenters. The maximum absolute atomic E-state index is 11.8. The summed E-state index contributed by atoms with van der Waals surface area (Å²) < 4.78 is 4.92. The molecule has 0 saturated heterocycles. The second-order valence-electron chi connectivity index (χ2n) is 5.31. The van der Waals surface area contributed by atoms with Crippen LogP contribution < -0.4 is 5.32 Å². The Morgan fingerprint density at radius 1 is 1.21 bits per heavy atom. The van der Waals surface area contributed by atoms with E-state index in [-0.39, 0.29) is 12.5 Å². The molecule has 0 bridgehead atoms. The maximum atomic E-state index is 11.8. The van der Waals surface area contributed by atoms with Gasteiger partial charge in [-0.15, -0.1) is 11.3 Å². The van der Waals surface area contributed by atoms with Gasteiger partial charge in [0.15, 0.2) is 6.61 Å². The SMILES string of the molecule is CCCCc1ccc(NC(=O)COC(=O)C=Cc2cccs2)cc1. The van der Waals surface area contributed by atoms with Crippen LogP contribution in [0.3, 0.4) is 0 Å². The van der Waals surface area contributed by atoms with Crippen molar-refractivity contribution in [2.24, 2.45) is 0 Å². The van der Waals surface area contributed by atoms with Crippen LogP contribution in [0.5, 0.6) is 0 Å². The Morgan fingerprint density at radius 2 is 2.00 bits per heavy atom. The number of thiophene rings is 1. The van der Waals surface area contributed by atoms with Crippen molar-refractivity contribution >= 4 is 35.0 Å². The largest absolute Gasteiger partial charge is 0.452 e. The molecule has 1 aromatic carbocycles. The van der Waals surface area contributed by atoms with Crippen LogP contribution in [0.2, 0.25) is 0 Å². The van der Waals surface area contributed by atoms with Crippen LogP contribution in [0.15, 0.2) is 47.9 Å². The van der Waals surface area contributed by atoms with Crippen molar-refractivity contribution in [2.75, 3.05) is 11.9 Å². The zero-order valence-electron chi connectivity index (χ0n) is 13.7. The van der Waals surface area contributed by atoms with Gasteiger partial charge in [-0.2, -0.15) is 0 Å². The monoisotopic (exact) mass is 343 g/mol. The standard InChI is InChI=1S/C19H21NO3S/c1-2-3-5-15-7-9-16(10-8-15)20-18(21)14-23-19(22)12-11-17-6-4-13-24-17/h4,6-13H,2-3,5,14H2,1H3,(H,20,21). The number of hydrogen-bond donors (Lipinski definition) is 1. The second kappa shape index (κ2) is 9.67.